The van der Waals surface area contributed by atoms with Crippen LogP contribution in [0.15, 0.2) is 18.2 Å². The lowest BCUT2D eigenvalue weighted by molar-refractivity contribution is -0.137. The lowest BCUT2D eigenvalue weighted by Crippen LogP contribution is -2.19. The molecule has 22 heavy (non-hydrogen) atoms. The van der Waals surface area contributed by atoms with Crippen LogP contribution in [0.2, 0.25) is 5.02 Å². The maximum atomic E-state index is 12.7. The summed E-state index contributed by atoms with van der Waals surface area (Å²) in [5.41, 5.74) is -0.165. The van der Waals surface area contributed by atoms with E-state index < -0.39 is 17.6 Å². The minimum Gasteiger partial charge on any atom is -0.355 e. The Kier molecular flexibility index (Phi) is 4.32. The number of nitrogens with zero attached hydrogens (tertiary/aromatic N) is 1. The third-order valence-electron chi connectivity index (χ3n) is 2.95. The van der Waals surface area contributed by atoms with Gasteiger partial charge >= 0.3 is 6.18 Å². The number of carbonyl (C=O) groups excluding carboxylic acids is 1. The summed E-state index contributed by atoms with van der Waals surface area (Å²) in [6.45, 7) is 1.62. The van der Waals surface area contributed by atoms with E-state index in [9.17, 15) is 18.0 Å². The van der Waals surface area contributed by atoms with Crippen molar-refractivity contribution in [3.05, 3.63) is 40.0 Å². The summed E-state index contributed by atoms with van der Waals surface area (Å²) >= 11 is 5.90. The average molecular weight is 333 g/mol. The molecule has 0 atom stereocenters. The normalized spacial score (nSPS) is 11.4. The monoisotopic (exact) mass is 332 g/mol. The van der Waals surface area contributed by atoms with Crippen molar-refractivity contribution in [1.82, 2.24) is 15.5 Å². The van der Waals surface area contributed by atoms with Crippen LogP contribution >= 0.6 is 11.6 Å². The smallest absolute Gasteiger partial charge is 0.355 e. The molecule has 0 aliphatic rings. The first-order chi connectivity index (χ1) is 10.2. The van der Waals surface area contributed by atoms with E-state index >= 15 is 0 Å². The Labute approximate surface area is 128 Å². The highest BCUT2D eigenvalue weighted by molar-refractivity contribution is 6.33. The van der Waals surface area contributed by atoms with E-state index in [0.29, 0.717) is 5.69 Å². The molecule has 1 aromatic heterocycles. The summed E-state index contributed by atoms with van der Waals surface area (Å²) in [5.74, 6) is -0.324. The summed E-state index contributed by atoms with van der Waals surface area (Å²) in [5, 5.41) is 11.6. The zero-order chi connectivity index (χ0) is 16.5. The van der Waals surface area contributed by atoms with E-state index in [1.807, 2.05) is 0 Å². The lowest BCUT2D eigenvalue weighted by Gasteiger charge is -2.12. The predicted octanol–water partition coefficient (Wildman–Crippen LogP) is 3.49. The molecule has 3 N–H and O–H groups in total. The van der Waals surface area contributed by atoms with Crippen LogP contribution < -0.4 is 10.6 Å². The molecule has 0 saturated heterocycles. The maximum Gasteiger partial charge on any atom is 0.416 e. The van der Waals surface area contributed by atoms with Crippen molar-refractivity contribution >= 4 is 29.0 Å². The molecular formula is C13H12ClF3N4O. The number of nitrogens with one attached hydrogen (secondary N) is 3. The topological polar surface area (TPSA) is 69.8 Å². The molecular weight excluding hydrogens is 321 g/mol. The number of alkyl halides is 3. The zero-order valence-corrected chi connectivity index (χ0v) is 12.4. The van der Waals surface area contributed by atoms with Crippen molar-refractivity contribution in [1.29, 1.82) is 0 Å². The first kappa shape index (κ1) is 16.2. The van der Waals surface area contributed by atoms with Gasteiger partial charge in [0.2, 0.25) is 0 Å². The Balaban J connectivity index is 2.42. The minimum absolute atomic E-state index is 0.00754. The molecule has 1 aromatic carbocycles. The fourth-order valence-corrected chi connectivity index (χ4v) is 2.01. The van der Waals surface area contributed by atoms with Crippen LogP contribution in [-0.2, 0) is 6.18 Å². The van der Waals surface area contributed by atoms with Crippen LogP contribution in [0.3, 0.4) is 0 Å². The molecule has 2 rings (SSSR count). The van der Waals surface area contributed by atoms with Gasteiger partial charge in [0.15, 0.2) is 5.82 Å². The summed E-state index contributed by atoms with van der Waals surface area (Å²) in [4.78, 5) is 11.8. The molecule has 0 radical (unpaired) electrons. The molecule has 0 aliphatic heterocycles. The molecule has 2 aromatic rings. The van der Waals surface area contributed by atoms with Gasteiger partial charge in [0.25, 0.3) is 5.91 Å². The number of hydrogen-bond donors (Lipinski definition) is 3. The fraction of sp³-hybridized carbons (Fsp3) is 0.231. The second kappa shape index (κ2) is 5.88. The predicted molar refractivity (Wildman–Crippen MR) is 76.5 cm³/mol. The highest BCUT2D eigenvalue weighted by Gasteiger charge is 2.31. The fourth-order valence-electron chi connectivity index (χ4n) is 1.85. The lowest BCUT2D eigenvalue weighted by atomic mass is 10.1. The quantitative estimate of drug-likeness (QED) is 0.805. The van der Waals surface area contributed by atoms with Gasteiger partial charge in [0, 0.05) is 12.7 Å². The van der Waals surface area contributed by atoms with Gasteiger partial charge in [0.1, 0.15) is 5.56 Å². The number of rotatable bonds is 3. The SMILES string of the molecule is CNC(=O)c1c(Nc2cc(C(F)(F)F)ccc2Cl)n[nH]c1C. The van der Waals surface area contributed by atoms with Crippen molar-refractivity contribution in [2.75, 3.05) is 12.4 Å². The second-order valence-corrected chi connectivity index (χ2v) is 4.88. The number of aromatic amines is 1. The molecule has 0 unspecified atom stereocenters. The summed E-state index contributed by atoms with van der Waals surface area (Å²) in [7, 11) is 1.44. The number of carbonyl (C=O) groups is 1. The van der Waals surface area contributed by atoms with Crippen LogP contribution in [0.25, 0.3) is 0 Å². The van der Waals surface area contributed by atoms with E-state index in [-0.39, 0.29) is 22.1 Å². The minimum atomic E-state index is -4.49. The Morgan fingerprint density at radius 3 is 2.64 bits per heavy atom. The van der Waals surface area contributed by atoms with E-state index in [0.717, 1.165) is 18.2 Å². The number of H-pyrrole nitrogens is 1. The summed E-state index contributed by atoms with van der Waals surface area (Å²) in [6.07, 6.45) is -4.49. The Morgan fingerprint density at radius 2 is 2.05 bits per heavy atom. The van der Waals surface area contributed by atoms with E-state index in [2.05, 4.69) is 20.8 Å². The Morgan fingerprint density at radius 1 is 1.36 bits per heavy atom. The maximum absolute atomic E-state index is 12.7. The Bertz CT molecular complexity index is 712. The number of amides is 1. The molecule has 118 valence electrons. The second-order valence-electron chi connectivity index (χ2n) is 4.47. The van der Waals surface area contributed by atoms with Gasteiger partial charge < -0.3 is 10.6 Å². The third kappa shape index (κ3) is 3.16. The van der Waals surface area contributed by atoms with Crippen LogP contribution in [0.1, 0.15) is 21.6 Å². The molecule has 0 fully saturated rings. The van der Waals surface area contributed by atoms with Crippen molar-refractivity contribution in [2.24, 2.45) is 0 Å². The van der Waals surface area contributed by atoms with E-state index in [4.69, 9.17) is 11.6 Å². The van der Waals surface area contributed by atoms with Crippen LogP contribution in [-0.4, -0.2) is 23.2 Å². The van der Waals surface area contributed by atoms with Crippen molar-refractivity contribution in [3.8, 4) is 0 Å². The zero-order valence-electron chi connectivity index (χ0n) is 11.6. The molecule has 0 bridgehead atoms. The molecule has 0 saturated carbocycles. The number of aromatic nitrogens is 2. The van der Waals surface area contributed by atoms with Gasteiger partial charge in [-0.05, 0) is 25.1 Å². The molecule has 1 amide bonds. The highest BCUT2D eigenvalue weighted by atomic mass is 35.5. The van der Waals surface area contributed by atoms with E-state index in [1.165, 1.54) is 7.05 Å². The van der Waals surface area contributed by atoms with Gasteiger partial charge in [0.05, 0.1) is 16.3 Å². The summed E-state index contributed by atoms with van der Waals surface area (Å²) < 4.78 is 38.2. The van der Waals surface area contributed by atoms with Crippen LogP contribution in [0.5, 0.6) is 0 Å². The average Bonchev–Trinajstić information content (AvgIpc) is 2.80. The van der Waals surface area contributed by atoms with Gasteiger partial charge in [-0.15, -0.1) is 0 Å². The first-order valence-electron chi connectivity index (χ1n) is 6.15. The number of halogens is 4. The number of aryl methyl sites for hydroxylation is 1. The molecule has 5 nitrogen and oxygen atoms in total. The van der Waals surface area contributed by atoms with Crippen LogP contribution in [0.4, 0.5) is 24.7 Å². The van der Waals surface area contributed by atoms with Crippen molar-refractivity contribution < 1.29 is 18.0 Å². The van der Waals surface area contributed by atoms with Gasteiger partial charge in [-0.2, -0.15) is 18.3 Å². The molecule has 0 spiro atoms. The van der Waals surface area contributed by atoms with E-state index in [1.54, 1.807) is 6.92 Å². The van der Waals surface area contributed by atoms with Crippen LogP contribution in [0, 0.1) is 6.92 Å². The molecule has 9 heteroatoms. The number of hydrogen-bond acceptors (Lipinski definition) is 3. The van der Waals surface area contributed by atoms with Gasteiger partial charge in [-0.3, -0.25) is 9.89 Å². The first-order valence-corrected chi connectivity index (χ1v) is 6.52. The largest absolute Gasteiger partial charge is 0.416 e. The van der Waals surface area contributed by atoms with Crippen molar-refractivity contribution in [2.45, 2.75) is 13.1 Å². The summed E-state index contributed by atoms with van der Waals surface area (Å²) in [6, 6.07) is 2.87. The molecule has 1 heterocycles. The van der Waals surface area contributed by atoms with Gasteiger partial charge in [-0.25, -0.2) is 0 Å². The van der Waals surface area contributed by atoms with Crippen molar-refractivity contribution in [3.63, 3.8) is 0 Å². The number of benzene rings is 1. The standard InChI is InChI=1S/C13H12ClF3N4O/c1-6-10(12(22)18-2)11(21-20-6)19-9-5-7(13(15,16)17)3-4-8(9)14/h3-5H,1-2H3,(H,18,22)(H2,19,20,21). The Hall–Kier alpha value is -2.22. The third-order valence-corrected chi connectivity index (χ3v) is 3.28. The molecule has 0 aliphatic carbocycles. The van der Waals surface area contributed by atoms with Gasteiger partial charge in [-0.1, -0.05) is 11.6 Å². The number of anilines is 2. The highest BCUT2D eigenvalue weighted by Crippen LogP contribution is 2.35.